The van der Waals surface area contributed by atoms with E-state index < -0.39 is 0 Å². The number of ether oxygens (including phenoxy) is 1. The number of fused-ring (bicyclic) bond motifs is 1. The van der Waals surface area contributed by atoms with Crippen molar-refractivity contribution in [2.45, 2.75) is 26.5 Å². The lowest BCUT2D eigenvalue weighted by Crippen LogP contribution is -2.41. The average molecular weight is 389 g/mol. The van der Waals surface area contributed by atoms with E-state index in [0.717, 1.165) is 22.4 Å². The zero-order valence-corrected chi connectivity index (χ0v) is 16.4. The predicted octanol–water partition coefficient (Wildman–Crippen LogP) is 2.85. The Bertz CT molecular complexity index is 1060. The van der Waals surface area contributed by atoms with Gasteiger partial charge in [-0.1, -0.05) is 60.2 Å². The van der Waals surface area contributed by atoms with E-state index in [1.807, 2.05) is 61.5 Å². The second kappa shape index (κ2) is 8.41. The lowest BCUT2D eigenvalue weighted by molar-refractivity contribution is -0.137. The van der Waals surface area contributed by atoms with Gasteiger partial charge in [0.15, 0.2) is 0 Å². The highest BCUT2D eigenvalue weighted by atomic mass is 16.5. The summed E-state index contributed by atoms with van der Waals surface area (Å²) in [6.45, 7) is 3.20. The third-order valence-corrected chi connectivity index (χ3v) is 5.08. The molecule has 6 heteroatoms. The molecule has 0 aliphatic carbocycles. The molecule has 0 radical (unpaired) electrons. The Balaban J connectivity index is 1.42. The van der Waals surface area contributed by atoms with Crippen molar-refractivity contribution in [2.24, 2.45) is 0 Å². The lowest BCUT2D eigenvalue weighted by Gasteiger charge is -2.27. The highest BCUT2D eigenvalue weighted by Crippen LogP contribution is 2.19. The number of aryl methyl sites for hydroxylation is 1. The molecule has 148 valence electrons. The molecule has 0 atom stereocenters. The first-order chi connectivity index (χ1) is 14.1. The number of hydrogen-bond acceptors (Lipinski definition) is 4. The summed E-state index contributed by atoms with van der Waals surface area (Å²) in [6, 6.07) is 17.6. The van der Waals surface area contributed by atoms with Crippen LogP contribution in [0.25, 0.3) is 11.4 Å². The van der Waals surface area contributed by atoms with E-state index >= 15 is 0 Å². The molecule has 1 amide bonds. The number of carbonyl (C=O) groups excluding carboxylic acids is 1. The second-order valence-electron chi connectivity index (χ2n) is 7.25. The van der Waals surface area contributed by atoms with Crippen LogP contribution in [0.3, 0.4) is 0 Å². The summed E-state index contributed by atoms with van der Waals surface area (Å²) in [7, 11) is 0. The fourth-order valence-electron chi connectivity index (χ4n) is 3.41. The molecule has 1 aromatic heterocycles. The van der Waals surface area contributed by atoms with Crippen LogP contribution in [0, 0.1) is 6.92 Å². The van der Waals surface area contributed by atoms with Crippen LogP contribution in [0.15, 0.2) is 59.4 Å². The van der Waals surface area contributed by atoms with Gasteiger partial charge in [0.25, 0.3) is 5.56 Å². The van der Waals surface area contributed by atoms with E-state index in [0.29, 0.717) is 31.0 Å². The number of hydrogen-bond donors (Lipinski definition) is 1. The zero-order valence-electron chi connectivity index (χ0n) is 16.4. The maximum absolute atomic E-state index is 12.6. The molecular formula is C23H23N3O3. The number of nitrogens with one attached hydrogen (secondary N) is 1. The molecule has 6 nitrogen and oxygen atoms in total. The van der Waals surface area contributed by atoms with E-state index in [-0.39, 0.29) is 24.6 Å². The number of carbonyl (C=O) groups is 1. The number of rotatable bonds is 5. The molecule has 29 heavy (non-hydrogen) atoms. The van der Waals surface area contributed by atoms with Crippen molar-refractivity contribution in [1.82, 2.24) is 14.9 Å². The highest BCUT2D eigenvalue weighted by Gasteiger charge is 2.24. The highest BCUT2D eigenvalue weighted by molar-refractivity contribution is 5.77. The Kier molecular flexibility index (Phi) is 5.53. The fraction of sp³-hybridized carbons (Fsp3) is 0.261. The van der Waals surface area contributed by atoms with Crippen LogP contribution in [0.4, 0.5) is 0 Å². The van der Waals surface area contributed by atoms with Crippen LogP contribution in [0.2, 0.25) is 0 Å². The molecule has 0 spiro atoms. The summed E-state index contributed by atoms with van der Waals surface area (Å²) in [6.07, 6.45) is 0.558. The van der Waals surface area contributed by atoms with Gasteiger partial charge in [-0.3, -0.25) is 9.59 Å². The van der Waals surface area contributed by atoms with Crippen LogP contribution < -0.4 is 5.56 Å². The number of benzene rings is 2. The van der Waals surface area contributed by atoms with Crippen LogP contribution in [0.5, 0.6) is 0 Å². The maximum atomic E-state index is 12.6. The SMILES string of the molecule is Cc1ccc(-c2nc3c(c(=O)[nH]2)CN(C(=O)COCc2ccccc2)CC3)cc1. The number of amides is 1. The van der Waals surface area contributed by atoms with E-state index in [1.165, 1.54) is 0 Å². The van der Waals surface area contributed by atoms with Crippen molar-refractivity contribution in [3.8, 4) is 11.4 Å². The molecule has 0 saturated carbocycles. The minimum atomic E-state index is -0.187. The Labute approximate surface area is 169 Å². The molecular weight excluding hydrogens is 366 g/mol. The van der Waals surface area contributed by atoms with E-state index in [9.17, 15) is 9.59 Å². The summed E-state index contributed by atoms with van der Waals surface area (Å²) >= 11 is 0. The Morgan fingerprint density at radius 1 is 1.14 bits per heavy atom. The van der Waals surface area contributed by atoms with Gasteiger partial charge < -0.3 is 14.6 Å². The van der Waals surface area contributed by atoms with Gasteiger partial charge in [-0.25, -0.2) is 4.98 Å². The quantitative estimate of drug-likeness (QED) is 0.728. The third kappa shape index (κ3) is 4.43. The number of aromatic amines is 1. The molecule has 2 aromatic carbocycles. The molecule has 0 bridgehead atoms. The van der Waals surface area contributed by atoms with Gasteiger partial charge >= 0.3 is 0 Å². The first kappa shape index (κ1) is 19.1. The van der Waals surface area contributed by atoms with E-state index in [2.05, 4.69) is 9.97 Å². The van der Waals surface area contributed by atoms with Gasteiger partial charge in [-0.05, 0) is 12.5 Å². The fourth-order valence-corrected chi connectivity index (χ4v) is 3.41. The maximum Gasteiger partial charge on any atom is 0.256 e. The third-order valence-electron chi connectivity index (χ3n) is 5.08. The van der Waals surface area contributed by atoms with Crippen molar-refractivity contribution >= 4 is 5.91 Å². The summed E-state index contributed by atoms with van der Waals surface area (Å²) < 4.78 is 5.55. The largest absolute Gasteiger partial charge is 0.367 e. The molecule has 0 unspecified atom stereocenters. The Morgan fingerprint density at radius 3 is 2.66 bits per heavy atom. The normalized spacial score (nSPS) is 13.2. The smallest absolute Gasteiger partial charge is 0.256 e. The Morgan fingerprint density at radius 2 is 1.90 bits per heavy atom. The van der Waals surface area contributed by atoms with Crippen molar-refractivity contribution in [2.75, 3.05) is 13.2 Å². The molecule has 2 heterocycles. The van der Waals surface area contributed by atoms with Crippen LogP contribution in [-0.4, -0.2) is 33.9 Å². The average Bonchev–Trinajstić information content (AvgIpc) is 2.74. The van der Waals surface area contributed by atoms with Crippen LogP contribution in [-0.2, 0) is 29.1 Å². The number of aromatic nitrogens is 2. The minimum absolute atomic E-state index is 0.00297. The standard InChI is InChI=1S/C23H23N3O3/c1-16-7-9-18(10-8-16)22-24-20-11-12-26(13-19(20)23(28)25-22)21(27)15-29-14-17-5-3-2-4-6-17/h2-10H,11-15H2,1H3,(H,24,25,28). The molecule has 0 saturated heterocycles. The van der Waals surface area contributed by atoms with Gasteiger partial charge in [0.2, 0.25) is 5.91 Å². The molecule has 1 aliphatic rings. The number of H-pyrrole nitrogens is 1. The second-order valence-corrected chi connectivity index (χ2v) is 7.25. The van der Waals surface area contributed by atoms with Gasteiger partial charge in [-0.2, -0.15) is 0 Å². The lowest BCUT2D eigenvalue weighted by atomic mass is 10.1. The van der Waals surface area contributed by atoms with Crippen molar-refractivity contribution in [3.05, 3.63) is 87.3 Å². The van der Waals surface area contributed by atoms with Gasteiger partial charge in [0.1, 0.15) is 12.4 Å². The zero-order chi connectivity index (χ0) is 20.2. The van der Waals surface area contributed by atoms with E-state index in [1.54, 1.807) is 4.90 Å². The first-order valence-corrected chi connectivity index (χ1v) is 9.69. The monoisotopic (exact) mass is 389 g/mol. The van der Waals surface area contributed by atoms with Gasteiger partial charge in [0, 0.05) is 18.5 Å². The topological polar surface area (TPSA) is 75.3 Å². The predicted molar refractivity (Wildman–Crippen MR) is 110 cm³/mol. The molecule has 1 aliphatic heterocycles. The summed E-state index contributed by atoms with van der Waals surface area (Å²) in [5.74, 6) is 0.452. The molecule has 1 N–H and O–H groups in total. The van der Waals surface area contributed by atoms with Gasteiger partial charge in [-0.15, -0.1) is 0 Å². The van der Waals surface area contributed by atoms with E-state index in [4.69, 9.17) is 4.74 Å². The van der Waals surface area contributed by atoms with Crippen molar-refractivity contribution in [1.29, 1.82) is 0 Å². The molecule has 3 aromatic rings. The summed E-state index contributed by atoms with van der Waals surface area (Å²) in [5, 5.41) is 0. The molecule has 0 fully saturated rings. The Hall–Kier alpha value is -3.25. The van der Waals surface area contributed by atoms with Crippen LogP contribution >= 0.6 is 0 Å². The van der Waals surface area contributed by atoms with Crippen molar-refractivity contribution in [3.63, 3.8) is 0 Å². The number of nitrogens with zero attached hydrogens (tertiary/aromatic N) is 2. The van der Waals surface area contributed by atoms with Crippen molar-refractivity contribution < 1.29 is 9.53 Å². The van der Waals surface area contributed by atoms with Gasteiger partial charge in [0.05, 0.1) is 24.4 Å². The summed E-state index contributed by atoms with van der Waals surface area (Å²) in [4.78, 5) is 34.3. The first-order valence-electron chi connectivity index (χ1n) is 9.69. The minimum Gasteiger partial charge on any atom is -0.367 e. The summed E-state index contributed by atoms with van der Waals surface area (Å²) in [5.41, 5.74) is 4.19. The van der Waals surface area contributed by atoms with Crippen LogP contribution in [0.1, 0.15) is 22.4 Å². The molecule has 4 rings (SSSR count).